The van der Waals surface area contributed by atoms with E-state index in [2.05, 4.69) is 51.6 Å². The first-order chi connectivity index (χ1) is 9.01. The SMILES string of the molecule is CC[CH2][In]([CH2]CCN(C)C)[CH2]CCN(CC)C(C)C. The van der Waals surface area contributed by atoms with Crippen LogP contribution in [0.25, 0.3) is 0 Å². The molecule has 0 heterocycles. The topological polar surface area (TPSA) is 6.48 Å². The Labute approximate surface area is 130 Å². The Morgan fingerprint density at radius 2 is 1.47 bits per heavy atom. The Bertz CT molecular complexity index is 195. The maximum absolute atomic E-state index is 2.62. The van der Waals surface area contributed by atoms with Gasteiger partial charge in [0.15, 0.2) is 0 Å². The van der Waals surface area contributed by atoms with Gasteiger partial charge in [-0.2, -0.15) is 0 Å². The molecule has 0 aliphatic rings. The molecule has 0 bridgehead atoms. The van der Waals surface area contributed by atoms with E-state index in [-0.39, 0.29) is 0 Å². The second-order valence-corrected chi connectivity index (χ2v) is 16.4. The molecule has 0 N–H and O–H groups in total. The van der Waals surface area contributed by atoms with Crippen molar-refractivity contribution < 1.29 is 0 Å². The number of hydrogen-bond donors (Lipinski definition) is 0. The van der Waals surface area contributed by atoms with Crippen LogP contribution in [0.5, 0.6) is 0 Å². The number of nitrogens with zero attached hydrogens (tertiary/aromatic N) is 2. The average molecular weight is 372 g/mol. The van der Waals surface area contributed by atoms with E-state index in [4.69, 9.17) is 0 Å². The molecule has 0 atom stereocenters. The molecule has 0 saturated carbocycles. The van der Waals surface area contributed by atoms with Crippen molar-refractivity contribution in [1.82, 2.24) is 9.80 Å². The standard InChI is InChI=1S/C8H18N.C5H12N.C3H7.In/c1-5-7-9(6-2)8(3)4;1-4-5-6(2)3;1-3-2;/h8H,1,5-7H2,2-4H3;1,4-5H2,2-3H3;1,3H2,2H3;. The second kappa shape index (κ2) is 12.5. The summed E-state index contributed by atoms with van der Waals surface area (Å²) in [5.74, 6) is 0. The Hall–Kier alpha value is 0.790. The van der Waals surface area contributed by atoms with Gasteiger partial charge in [0.05, 0.1) is 0 Å². The summed E-state index contributed by atoms with van der Waals surface area (Å²) in [5.41, 5.74) is 0. The van der Waals surface area contributed by atoms with Crippen molar-refractivity contribution in [3.8, 4) is 0 Å². The van der Waals surface area contributed by atoms with Crippen LogP contribution in [0.15, 0.2) is 0 Å². The van der Waals surface area contributed by atoms with Crippen LogP contribution in [-0.4, -0.2) is 71.0 Å². The van der Waals surface area contributed by atoms with Crippen molar-refractivity contribution in [2.45, 2.75) is 65.5 Å². The van der Waals surface area contributed by atoms with E-state index >= 15 is 0 Å². The average Bonchev–Trinajstić information content (AvgIpc) is 2.33. The summed E-state index contributed by atoms with van der Waals surface area (Å²) < 4.78 is 4.89. The summed E-state index contributed by atoms with van der Waals surface area (Å²) >= 11 is -1.17. The summed E-state index contributed by atoms with van der Waals surface area (Å²) in [6.07, 6.45) is 4.36. The zero-order chi connectivity index (χ0) is 14.7. The van der Waals surface area contributed by atoms with Crippen molar-refractivity contribution in [2.75, 3.05) is 33.7 Å². The second-order valence-electron chi connectivity index (χ2n) is 6.46. The van der Waals surface area contributed by atoms with Crippen LogP contribution in [0.4, 0.5) is 0 Å². The van der Waals surface area contributed by atoms with Crippen LogP contribution in [0.1, 0.15) is 47.0 Å². The molecule has 3 heteroatoms. The minimum absolute atomic E-state index is 0.721. The molecule has 0 aromatic rings. The summed E-state index contributed by atoms with van der Waals surface area (Å²) in [6, 6.07) is 0.721. The molecular formula is C16H37InN2. The Balaban J connectivity index is 3.86. The van der Waals surface area contributed by atoms with E-state index < -0.39 is 21.4 Å². The third kappa shape index (κ3) is 11.2. The summed E-state index contributed by atoms with van der Waals surface area (Å²) in [7, 11) is 4.40. The fraction of sp³-hybridized carbons (Fsp3) is 1.00. The van der Waals surface area contributed by atoms with Gasteiger partial charge >= 0.3 is 130 Å². The van der Waals surface area contributed by atoms with Gasteiger partial charge in [0.25, 0.3) is 0 Å². The van der Waals surface area contributed by atoms with Crippen LogP contribution in [0, 0.1) is 0 Å². The predicted molar refractivity (Wildman–Crippen MR) is 90.6 cm³/mol. The number of hydrogen-bond acceptors (Lipinski definition) is 2. The zero-order valence-electron chi connectivity index (χ0n) is 14.4. The van der Waals surface area contributed by atoms with Gasteiger partial charge in [-0.15, -0.1) is 0 Å². The van der Waals surface area contributed by atoms with Crippen LogP contribution in [-0.2, 0) is 0 Å². The fourth-order valence-corrected chi connectivity index (χ4v) is 12.0. The van der Waals surface area contributed by atoms with Crippen LogP contribution in [0.3, 0.4) is 0 Å². The molecule has 0 aromatic carbocycles. The van der Waals surface area contributed by atoms with E-state index in [0.717, 1.165) is 6.04 Å². The van der Waals surface area contributed by atoms with Crippen molar-refractivity contribution in [3.63, 3.8) is 0 Å². The van der Waals surface area contributed by atoms with E-state index in [0.29, 0.717) is 0 Å². The minimum atomic E-state index is -1.17. The molecule has 0 aliphatic carbocycles. The van der Waals surface area contributed by atoms with Gasteiger partial charge < -0.3 is 0 Å². The van der Waals surface area contributed by atoms with Crippen molar-refractivity contribution >= 4 is 21.4 Å². The molecule has 0 spiro atoms. The van der Waals surface area contributed by atoms with Crippen molar-refractivity contribution in [2.24, 2.45) is 0 Å². The molecule has 19 heavy (non-hydrogen) atoms. The molecule has 0 fully saturated rings. The van der Waals surface area contributed by atoms with Crippen LogP contribution >= 0.6 is 0 Å². The molecule has 0 rings (SSSR count). The first kappa shape index (κ1) is 19.8. The molecule has 0 radical (unpaired) electrons. The van der Waals surface area contributed by atoms with E-state index in [1.54, 1.807) is 12.5 Å². The van der Waals surface area contributed by atoms with Gasteiger partial charge in [0.2, 0.25) is 0 Å². The molecule has 114 valence electrons. The van der Waals surface area contributed by atoms with Crippen molar-refractivity contribution in [1.29, 1.82) is 0 Å². The van der Waals surface area contributed by atoms with Crippen LogP contribution in [0.2, 0.25) is 12.5 Å². The molecule has 0 unspecified atom stereocenters. The third-order valence-corrected chi connectivity index (χ3v) is 15.1. The maximum atomic E-state index is 2.62. The van der Waals surface area contributed by atoms with Gasteiger partial charge in [-0.25, -0.2) is 0 Å². The summed E-state index contributed by atoms with van der Waals surface area (Å²) in [5, 5.41) is 0. The van der Waals surface area contributed by atoms with Gasteiger partial charge in [0.1, 0.15) is 0 Å². The monoisotopic (exact) mass is 372 g/mol. The summed E-state index contributed by atoms with van der Waals surface area (Å²) in [4.78, 5) is 4.96. The normalized spacial score (nSPS) is 11.8. The Kier molecular flexibility index (Phi) is 13.0. The zero-order valence-corrected chi connectivity index (χ0v) is 17.7. The molecule has 2 nitrogen and oxygen atoms in total. The summed E-state index contributed by atoms with van der Waals surface area (Å²) in [6.45, 7) is 13.2. The first-order valence-corrected chi connectivity index (χ1v) is 15.4. The first-order valence-electron chi connectivity index (χ1n) is 8.39. The molecule has 0 amide bonds. The van der Waals surface area contributed by atoms with Crippen LogP contribution < -0.4 is 0 Å². The van der Waals surface area contributed by atoms with E-state index in [9.17, 15) is 0 Å². The third-order valence-electron chi connectivity index (χ3n) is 4.11. The van der Waals surface area contributed by atoms with Gasteiger partial charge in [-0.3, -0.25) is 0 Å². The van der Waals surface area contributed by atoms with E-state index in [1.807, 2.05) is 0 Å². The predicted octanol–water partition coefficient (Wildman–Crippen LogP) is 3.96. The van der Waals surface area contributed by atoms with Crippen molar-refractivity contribution in [3.05, 3.63) is 0 Å². The Morgan fingerprint density at radius 1 is 0.895 bits per heavy atom. The number of rotatable bonds is 12. The molecular weight excluding hydrogens is 335 g/mol. The molecule has 0 aromatic heterocycles. The fourth-order valence-electron chi connectivity index (χ4n) is 2.90. The van der Waals surface area contributed by atoms with E-state index in [1.165, 1.54) is 38.9 Å². The van der Waals surface area contributed by atoms with Gasteiger partial charge in [-0.1, -0.05) is 0 Å². The van der Waals surface area contributed by atoms with Gasteiger partial charge in [0, 0.05) is 0 Å². The molecule has 0 aliphatic heterocycles. The Morgan fingerprint density at radius 3 is 1.89 bits per heavy atom. The quantitative estimate of drug-likeness (QED) is 0.512. The molecule has 0 saturated heterocycles. The van der Waals surface area contributed by atoms with Gasteiger partial charge in [-0.05, 0) is 0 Å².